The second-order valence-corrected chi connectivity index (χ2v) is 5.97. The Morgan fingerprint density at radius 3 is 2.64 bits per heavy atom. The lowest BCUT2D eigenvalue weighted by atomic mass is 10.5. The lowest BCUT2D eigenvalue weighted by Gasteiger charge is -2.05. The van der Waals surface area contributed by atoms with E-state index < -0.39 is 0 Å². The first kappa shape index (κ1) is 16.3. The number of thioether (sulfide) groups is 1. The molecule has 0 bridgehead atoms. The van der Waals surface area contributed by atoms with Crippen LogP contribution >= 0.6 is 11.8 Å². The van der Waals surface area contributed by atoms with Gasteiger partial charge in [-0.15, -0.1) is 11.8 Å². The van der Waals surface area contributed by atoms with Crippen LogP contribution in [0.15, 0.2) is 10.6 Å². The highest BCUT2D eigenvalue weighted by Gasteiger charge is 2.23. The third-order valence-electron chi connectivity index (χ3n) is 2.75. The molecule has 2 rings (SSSR count). The van der Waals surface area contributed by atoms with E-state index >= 15 is 0 Å². The molecule has 1 aromatic rings. The third-order valence-corrected chi connectivity index (χ3v) is 3.68. The topological polar surface area (TPSA) is 113 Å². The number of hydrogen-bond donors (Lipinski definition) is 3. The SMILES string of the molecule is Cc1cc(NC(=O)CSCC(=O)NCC(=O)NC2CC2)no1. The molecule has 0 aromatic carbocycles. The smallest absolute Gasteiger partial charge is 0.239 e. The lowest BCUT2D eigenvalue weighted by molar-refractivity contribution is -0.124. The summed E-state index contributed by atoms with van der Waals surface area (Å²) in [6, 6.07) is 1.89. The maximum Gasteiger partial charge on any atom is 0.239 e. The molecule has 0 spiro atoms. The number of rotatable bonds is 8. The molecule has 3 N–H and O–H groups in total. The van der Waals surface area contributed by atoms with Crippen molar-refractivity contribution in [1.29, 1.82) is 0 Å². The number of carbonyl (C=O) groups is 3. The van der Waals surface area contributed by atoms with Crippen LogP contribution in [0.4, 0.5) is 5.82 Å². The summed E-state index contributed by atoms with van der Waals surface area (Å²) in [6.45, 7) is 1.70. The van der Waals surface area contributed by atoms with Crippen molar-refractivity contribution in [1.82, 2.24) is 15.8 Å². The first-order valence-electron chi connectivity index (χ1n) is 6.90. The van der Waals surface area contributed by atoms with Crippen molar-refractivity contribution in [2.75, 3.05) is 23.4 Å². The number of carbonyl (C=O) groups excluding carboxylic acids is 3. The minimum Gasteiger partial charge on any atom is -0.360 e. The van der Waals surface area contributed by atoms with Crippen molar-refractivity contribution in [3.05, 3.63) is 11.8 Å². The summed E-state index contributed by atoms with van der Waals surface area (Å²) in [7, 11) is 0. The van der Waals surface area contributed by atoms with E-state index in [1.807, 2.05) is 0 Å². The van der Waals surface area contributed by atoms with Crippen LogP contribution in [0.3, 0.4) is 0 Å². The number of nitrogens with one attached hydrogen (secondary N) is 3. The zero-order valence-electron chi connectivity index (χ0n) is 12.2. The molecule has 0 atom stereocenters. The van der Waals surface area contributed by atoms with Crippen LogP contribution in [0, 0.1) is 6.92 Å². The van der Waals surface area contributed by atoms with Gasteiger partial charge in [-0.2, -0.15) is 0 Å². The number of hydrogen-bond acceptors (Lipinski definition) is 6. The van der Waals surface area contributed by atoms with Gasteiger partial charge in [-0.05, 0) is 19.8 Å². The van der Waals surface area contributed by atoms with Gasteiger partial charge in [0.05, 0.1) is 18.1 Å². The van der Waals surface area contributed by atoms with E-state index in [4.69, 9.17) is 4.52 Å². The first-order valence-corrected chi connectivity index (χ1v) is 8.05. The molecule has 1 aliphatic rings. The number of aryl methyl sites for hydroxylation is 1. The molecule has 1 saturated carbocycles. The van der Waals surface area contributed by atoms with Gasteiger partial charge in [0.2, 0.25) is 17.7 Å². The zero-order chi connectivity index (χ0) is 15.9. The Bertz CT molecular complexity index is 556. The minimum absolute atomic E-state index is 0.0275. The second kappa shape index (κ2) is 7.83. The molecule has 0 unspecified atom stereocenters. The highest BCUT2D eigenvalue weighted by atomic mass is 32.2. The zero-order valence-corrected chi connectivity index (χ0v) is 13.0. The van der Waals surface area contributed by atoms with Crippen LogP contribution in [0.1, 0.15) is 18.6 Å². The van der Waals surface area contributed by atoms with E-state index in [1.54, 1.807) is 13.0 Å². The molecule has 3 amide bonds. The fourth-order valence-electron chi connectivity index (χ4n) is 1.58. The number of amides is 3. The van der Waals surface area contributed by atoms with E-state index in [9.17, 15) is 14.4 Å². The molecular formula is C13H18N4O4S. The van der Waals surface area contributed by atoms with E-state index in [1.165, 1.54) is 0 Å². The second-order valence-electron chi connectivity index (χ2n) is 4.98. The molecule has 1 fully saturated rings. The van der Waals surface area contributed by atoms with Gasteiger partial charge in [0, 0.05) is 12.1 Å². The highest BCUT2D eigenvalue weighted by Crippen LogP contribution is 2.18. The normalized spacial score (nSPS) is 13.5. The van der Waals surface area contributed by atoms with Crippen LogP contribution in [-0.4, -0.2) is 47.0 Å². The van der Waals surface area contributed by atoms with Crippen LogP contribution in [0.5, 0.6) is 0 Å². The Morgan fingerprint density at radius 1 is 1.27 bits per heavy atom. The van der Waals surface area contributed by atoms with Gasteiger partial charge in [0.15, 0.2) is 5.82 Å². The number of nitrogens with zero attached hydrogens (tertiary/aromatic N) is 1. The number of aromatic nitrogens is 1. The molecule has 0 aliphatic heterocycles. The van der Waals surface area contributed by atoms with Crippen LogP contribution in [-0.2, 0) is 14.4 Å². The Morgan fingerprint density at radius 2 is 2.00 bits per heavy atom. The van der Waals surface area contributed by atoms with Crippen molar-refractivity contribution < 1.29 is 18.9 Å². The Balaban J connectivity index is 1.54. The molecular weight excluding hydrogens is 308 g/mol. The van der Waals surface area contributed by atoms with E-state index in [2.05, 4.69) is 21.1 Å². The van der Waals surface area contributed by atoms with E-state index in [0.29, 0.717) is 11.6 Å². The Kier molecular flexibility index (Phi) is 5.82. The standard InChI is InChI=1S/C13H18N4O4S/c1-8-4-10(17-21-8)16-13(20)7-22-6-12(19)14-5-11(18)15-9-2-3-9/h4,9H,2-3,5-7H2,1H3,(H,14,19)(H,15,18)(H,16,17,20). The van der Waals surface area contributed by atoms with Gasteiger partial charge in [0.25, 0.3) is 0 Å². The molecule has 120 valence electrons. The molecule has 8 nitrogen and oxygen atoms in total. The Hall–Kier alpha value is -2.03. The largest absolute Gasteiger partial charge is 0.360 e. The van der Waals surface area contributed by atoms with Crippen molar-refractivity contribution >= 4 is 35.3 Å². The molecule has 1 aliphatic carbocycles. The molecule has 9 heteroatoms. The van der Waals surface area contributed by atoms with Gasteiger partial charge < -0.3 is 20.5 Å². The quantitative estimate of drug-likeness (QED) is 0.622. The highest BCUT2D eigenvalue weighted by molar-refractivity contribution is 8.00. The van der Waals surface area contributed by atoms with Crippen molar-refractivity contribution in [2.45, 2.75) is 25.8 Å². The van der Waals surface area contributed by atoms with E-state index in [0.717, 1.165) is 24.6 Å². The summed E-state index contributed by atoms with van der Waals surface area (Å²) in [4.78, 5) is 34.5. The third kappa shape index (κ3) is 6.17. The summed E-state index contributed by atoms with van der Waals surface area (Å²) >= 11 is 1.16. The van der Waals surface area contributed by atoms with Crippen LogP contribution < -0.4 is 16.0 Å². The molecule has 1 aromatic heterocycles. The average Bonchev–Trinajstić information content (AvgIpc) is 3.18. The predicted octanol–water partition coefficient (Wildman–Crippen LogP) is 0.0495. The van der Waals surface area contributed by atoms with Gasteiger partial charge in [-0.3, -0.25) is 14.4 Å². The maximum absolute atomic E-state index is 11.6. The molecule has 0 saturated heterocycles. The summed E-state index contributed by atoms with van der Waals surface area (Å²) in [5.74, 6) is 0.463. The number of anilines is 1. The van der Waals surface area contributed by atoms with Gasteiger partial charge in [-0.1, -0.05) is 5.16 Å². The van der Waals surface area contributed by atoms with Crippen molar-refractivity contribution in [3.8, 4) is 0 Å². The van der Waals surface area contributed by atoms with Gasteiger partial charge >= 0.3 is 0 Å². The lowest BCUT2D eigenvalue weighted by Crippen LogP contribution is -2.38. The summed E-state index contributed by atoms with van der Waals surface area (Å²) in [5.41, 5.74) is 0. The van der Waals surface area contributed by atoms with Crippen LogP contribution in [0.2, 0.25) is 0 Å². The minimum atomic E-state index is -0.277. The van der Waals surface area contributed by atoms with Gasteiger partial charge in [-0.25, -0.2) is 0 Å². The van der Waals surface area contributed by atoms with Crippen LogP contribution in [0.25, 0.3) is 0 Å². The Labute approximate surface area is 131 Å². The molecule has 22 heavy (non-hydrogen) atoms. The fourth-order valence-corrected chi connectivity index (χ4v) is 2.22. The summed E-state index contributed by atoms with van der Waals surface area (Å²) in [5, 5.41) is 11.5. The molecule has 0 radical (unpaired) electrons. The first-order chi connectivity index (χ1) is 10.5. The van der Waals surface area contributed by atoms with Crippen molar-refractivity contribution in [3.63, 3.8) is 0 Å². The van der Waals surface area contributed by atoms with Gasteiger partial charge in [0.1, 0.15) is 5.76 Å². The summed E-state index contributed by atoms with van der Waals surface area (Å²) < 4.78 is 4.82. The monoisotopic (exact) mass is 326 g/mol. The summed E-state index contributed by atoms with van der Waals surface area (Å²) in [6.07, 6.45) is 2.02. The average molecular weight is 326 g/mol. The van der Waals surface area contributed by atoms with E-state index in [-0.39, 0.29) is 41.8 Å². The maximum atomic E-state index is 11.6. The predicted molar refractivity (Wildman–Crippen MR) is 81.4 cm³/mol. The van der Waals surface area contributed by atoms with Crippen molar-refractivity contribution in [2.24, 2.45) is 0 Å². The fraction of sp³-hybridized carbons (Fsp3) is 0.538. The molecule has 1 heterocycles.